The van der Waals surface area contributed by atoms with Gasteiger partial charge in [0.05, 0.1) is 28.4 Å². The molecule has 1 atom stereocenters. The van der Waals surface area contributed by atoms with Crippen LogP contribution in [-0.4, -0.2) is 32.6 Å². The second kappa shape index (κ2) is 7.71. The highest BCUT2D eigenvalue weighted by Crippen LogP contribution is 2.29. The molecule has 2 aromatic carbocycles. The monoisotopic (exact) mass is 402 g/mol. The molecular weight excluding hydrogens is 379 g/mol. The number of hydrogen-bond donors (Lipinski definition) is 0. The molecule has 0 N–H and O–H groups in total. The van der Waals surface area contributed by atoms with E-state index in [1.54, 1.807) is 28.8 Å². The second-order valence-corrected chi connectivity index (χ2v) is 7.47. The second-order valence-electron chi connectivity index (χ2n) is 7.47. The number of rotatable bonds is 4. The Morgan fingerprint density at radius 1 is 1.10 bits per heavy atom. The van der Waals surface area contributed by atoms with Crippen LogP contribution in [0.5, 0.6) is 0 Å². The molecule has 0 aliphatic carbocycles. The van der Waals surface area contributed by atoms with Gasteiger partial charge >= 0.3 is 0 Å². The molecule has 4 aromatic rings. The van der Waals surface area contributed by atoms with Gasteiger partial charge in [-0.1, -0.05) is 42.5 Å². The molecule has 4 rings (SSSR count). The van der Waals surface area contributed by atoms with Crippen LogP contribution in [0.25, 0.3) is 22.3 Å². The van der Waals surface area contributed by atoms with Crippen molar-refractivity contribution in [1.82, 2.24) is 19.7 Å². The van der Waals surface area contributed by atoms with Crippen LogP contribution in [0.1, 0.15) is 34.6 Å². The summed E-state index contributed by atoms with van der Waals surface area (Å²) < 4.78 is 15.0. The van der Waals surface area contributed by atoms with E-state index in [9.17, 15) is 9.18 Å². The number of carbonyl (C=O) groups excluding carboxylic acids is 1. The van der Waals surface area contributed by atoms with Gasteiger partial charge in [-0.2, -0.15) is 5.10 Å². The van der Waals surface area contributed by atoms with Crippen LogP contribution in [0.3, 0.4) is 0 Å². The molecular formula is C24H23FN4O. The minimum atomic E-state index is -0.297. The molecule has 30 heavy (non-hydrogen) atoms. The number of nitrogens with zero attached hydrogens (tertiary/aromatic N) is 4. The summed E-state index contributed by atoms with van der Waals surface area (Å²) in [6, 6.07) is 17.6. The molecule has 0 saturated carbocycles. The van der Waals surface area contributed by atoms with Gasteiger partial charge in [0.1, 0.15) is 5.82 Å². The Hall–Kier alpha value is -3.54. The van der Waals surface area contributed by atoms with Crippen molar-refractivity contribution < 1.29 is 9.18 Å². The van der Waals surface area contributed by atoms with Gasteiger partial charge in [-0.25, -0.2) is 9.37 Å². The van der Waals surface area contributed by atoms with Crippen molar-refractivity contribution in [3.63, 3.8) is 0 Å². The topological polar surface area (TPSA) is 51.0 Å². The van der Waals surface area contributed by atoms with Crippen molar-refractivity contribution in [1.29, 1.82) is 0 Å². The van der Waals surface area contributed by atoms with E-state index in [0.717, 1.165) is 27.9 Å². The van der Waals surface area contributed by atoms with E-state index in [0.29, 0.717) is 11.2 Å². The summed E-state index contributed by atoms with van der Waals surface area (Å²) >= 11 is 0. The van der Waals surface area contributed by atoms with Crippen LogP contribution in [0.2, 0.25) is 0 Å². The highest BCUT2D eigenvalue weighted by atomic mass is 19.1. The zero-order chi connectivity index (χ0) is 21.4. The Labute approximate surface area is 174 Å². The molecule has 5 nitrogen and oxygen atoms in total. The number of carbonyl (C=O) groups is 1. The molecule has 0 aliphatic rings. The molecule has 2 aromatic heterocycles. The van der Waals surface area contributed by atoms with Crippen LogP contribution < -0.4 is 0 Å². The third-order valence-electron chi connectivity index (χ3n) is 5.52. The molecule has 0 fully saturated rings. The molecule has 0 saturated heterocycles. The number of aromatic nitrogens is 3. The van der Waals surface area contributed by atoms with E-state index in [2.05, 4.69) is 5.10 Å². The van der Waals surface area contributed by atoms with E-state index in [4.69, 9.17) is 4.98 Å². The Balaban J connectivity index is 1.82. The van der Waals surface area contributed by atoms with Gasteiger partial charge in [-0.3, -0.25) is 9.48 Å². The van der Waals surface area contributed by atoms with Gasteiger partial charge in [0, 0.05) is 19.7 Å². The number of aryl methyl sites for hydroxylation is 2. The summed E-state index contributed by atoms with van der Waals surface area (Å²) in [7, 11) is 3.59. The zero-order valence-electron chi connectivity index (χ0n) is 17.4. The molecule has 152 valence electrons. The van der Waals surface area contributed by atoms with Gasteiger partial charge in [-0.15, -0.1) is 0 Å². The number of amides is 1. The van der Waals surface area contributed by atoms with Crippen molar-refractivity contribution in [3.8, 4) is 11.3 Å². The third-order valence-corrected chi connectivity index (χ3v) is 5.52. The highest BCUT2D eigenvalue weighted by Gasteiger charge is 2.24. The normalized spacial score (nSPS) is 12.2. The van der Waals surface area contributed by atoms with E-state index in [1.165, 1.54) is 12.1 Å². The number of pyridine rings is 1. The zero-order valence-corrected chi connectivity index (χ0v) is 17.4. The van der Waals surface area contributed by atoms with E-state index < -0.39 is 0 Å². The first kappa shape index (κ1) is 19.8. The van der Waals surface area contributed by atoms with Gasteiger partial charge < -0.3 is 4.90 Å². The Bertz CT molecular complexity index is 1220. The van der Waals surface area contributed by atoms with Crippen LogP contribution >= 0.6 is 0 Å². The molecule has 2 heterocycles. The van der Waals surface area contributed by atoms with Gasteiger partial charge in [0.25, 0.3) is 5.91 Å². The SMILES string of the molecule is Cc1nn(C)c2nc(-c3ccccc3)cc(C(=O)N(C)C(C)c3ccc(F)cc3)c12. The van der Waals surface area contributed by atoms with Crippen molar-refractivity contribution in [3.05, 3.63) is 83.3 Å². The summed E-state index contributed by atoms with van der Waals surface area (Å²) in [4.78, 5) is 20.0. The lowest BCUT2D eigenvalue weighted by Crippen LogP contribution is -2.30. The molecule has 1 unspecified atom stereocenters. The summed E-state index contributed by atoms with van der Waals surface area (Å²) in [5.74, 6) is -0.429. The third kappa shape index (κ3) is 3.45. The van der Waals surface area contributed by atoms with Gasteiger partial charge in [-0.05, 0) is 37.6 Å². The van der Waals surface area contributed by atoms with Crippen molar-refractivity contribution in [2.75, 3.05) is 7.05 Å². The summed E-state index contributed by atoms with van der Waals surface area (Å²) in [5.41, 5.74) is 4.49. The van der Waals surface area contributed by atoms with Crippen molar-refractivity contribution >= 4 is 16.9 Å². The number of hydrogen-bond acceptors (Lipinski definition) is 3. The van der Waals surface area contributed by atoms with Crippen molar-refractivity contribution in [2.24, 2.45) is 7.05 Å². The van der Waals surface area contributed by atoms with E-state index in [-0.39, 0.29) is 17.8 Å². The fraction of sp³-hybridized carbons (Fsp3) is 0.208. The molecule has 0 aliphatic heterocycles. The van der Waals surface area contributed by atoms with Crippen LogP contribution in [0.15, 0.2) is 60.7 Å². The molecule has 0 radical (unpaired) electrons. The first-order chi connectivity index (χ1) is 14.4. The molecule has 0 spiro atoms. The predicted molar refractivity (Wildman–Crippen MR) is 116 cm³/mol. The quantitative estimate of drug-likeness (QED) is 0.487. The minimum absolute atomic E-state index is 0.132. The number of fused-ring (bicyclic) bond motifs is 1. The first-order valence-corrected chi connectivity index (χ1v) is 9.79. The lowest BCUT2D eigenvalue weighted by atomic mass is 10.0. The minimum Gasteiger partial charge on any atom is -0.335 e. The largest absolute Gasteiger partial charge is 0.335 e. The van der Waals surface area contributed by atoms with Gasteiger partial charge in [0.2, 0.25) is 0 Å². The lowest BCUT2D eigenvalue weighted by molar-refractivity contribution is 0.0744. The first-order valence-electron chi connectivity index (χ1n) is 9.79. The summed E-state index contributed by atoms with van der Waals surface area (Å²) in [6.07, 6.45) is 0. The maximum Gasteiger partial charge on any atom is 0.254 e. The summed E-state index contributed by atoms with van der Waals surface area (Å²) in [6.45, 7) is 3.81. The van der Waals surface area contributed by atoms with E-state index >= 15 is 0 Å². The Kier molecular flexibility index (Phi) is 5.08. The maximum atomic E-state index is 13.6. The molecule has 0 bridgehead atoms. The Morgan fingerprint density at radius 2 is 1.77 bits per heavy atom. The average Bonchev–Trinajstić information content (AvgIpc) is 3.06. The van der Waals surface area contributed by atoms with Crippen LogP contribution in [0.4, 0.5) is 4.39 Å². The fourth-order valence-corrected chi connectivity index (χ4v) is 3.70. The van der Waals surface area contributed by atoms with Crippen LogP contribution in [-0.2, 0) is 7.05 Å². The van der Waals surface area contributed by atoms with E-state index in [1.807, 2.05) is 57.3 Å². The summed E-state index contributed by atoms with van der Waals surface area (Å²) in [5, 5.41) is 5.23. The van der Waals surface area contributed by atoms with Crippen LogP contribution in [0, 0.1) is 12.7 Å². The number of benzene rings is 2. The standard InChI is InChI=1S/C24H23FN4O/c1-15-22-20(24(30)28(3)16(2)17-10-12-19(25)13-11-17)14-21(18-8-6-5-7-9-18)26-23(22)29(4)27-15/h5-14,16H,1-4H3. The maximum absolute atomic E-state index is 13.6. The number of halogens is 1. The predicted octanol–water partition coefficient (Wildman–Crippen LogP) is 4.92. The fourth-order valence-electron chi connectivity index (χ4n) is 3.70. The Morgan fingerprint density at radius 3 is 2.43 bits per heavy atom. The molecule has 6 heteroatoms. The average molecular weight is 402 g/mol. The molecule has 1 amide bonds. The van der Waals surface area contributed by atoms with Crippen molar-refractivity contribution in [2.45, 2.75) is 19.9 Å². The van der Waals surface area contributed by atoms with Gasteiger partial charge in [0.15, 0.2) is 5.65 Å². The highest BCUT2D eigenvalue weighted by molar-refractivity contribution is 6.07. The lowest BCUT2D eigenvalue weighted by Gasteiger charge is -2.26. The smallest absolute Gasteiger partial charge is 0.254 e.